The number of fused-ring (bicyclic) bond motifs is 11. The maximum absolute atomic E-state index is 5.51. The molecule has 5 aromatic carbocycles. The molecular weight excluding hydrogens is 825 g/mol. The van der Waals surface area contributed by atoms with E-state index in [4.69, 9.17) is 15.0 Å². The highest BCUT2D eigenvalue weighted by Crippen LogP contribution is 2.39. The van der Waals surface area contributed by atoms with Crippen LogP contribution in [0.15, 0.2) is 181 Å². The molecule has 2 aliphatic rings. The number of rotatable bonds is 5. The van der Waals surface area contributed by atoms with E-state index in [1.165, 1.54) is 0 Å². The Hall–Kier alpha value is -7.87. The van der Waals surface area contributed by atoms with E-state index in [-0.39, 0.29) is 0 Å². The highest BCUT2D eigenvalue weighted by molar-refractivity contribution is 9.10. The largest absolute Gasteiger partial charge is 0.354 e. The number of hydrogen-bond acceptors (Lipinski definition) is 3. The van der Waals surface area contributed by atoms with E-state index >= 15 is 0 Å². The van der Waals surface area contributed by atoms with Gasteiger partial charge in [0.15, 0.2) is 0 Å². The van der Waals surface area contributed by atoms with Crippen LogP contribution in [-0.2, 0) is 0 Å². The van der Waals surface area contributed by atoms with Crippen LogP contribution in [0.2, 0.25) is 0 Å². The second kappa shape index (κ2) is 14.7. The summed E-state index contributed by atoms with van der Waals surface area (Å²) in [6.07, 6.45) is 10.7. The van der Waals surface area contributed by atoms with E-state index in [0.717, 1.165) is 122 Å². The third kappa shape index (κ3) is 6.13. The Morgan fingerprint density at radius 1 is 0.371 bits per heavy atom. The van der Waals surface area contributed by atoms with Gasteiger partial charge in [-0.05, 0) is 107 Å². The smallest absolute Gasteiger partial charge is 0.0950 e. The van der Waals surface area contributed by atoms with E-state index in [2.05, 4.69) is 231 Å². The fourth-order valence-electron chi connectivity index (χ4n) is 8.99. The molecule has 6 nitrogen and oxygen atoms in total. The normalized spacial score (nSPS) is 12.1. The van der Waals surface area contributed by atoms with Gasteiger partial charge in [-0.3, -0.25) is 0 Å². The number of H-pyrrole nitrogens is 2. The number of aromatic nitrogens is 6. The van der Waals surface area contributed by atoms with Crippen molar-refractivity contribution in [1.29, 1.82) is 0 Å². The molecule has 0 fully saturated rings. The van der Waals surface area contributed by atoms with Gasteiger partial charge in [-0.2, -0.15) is 0 Å². The van der Waals surface area contributed by atoms with Crippen molar-refractivity contribution >= 4 is 78.9 Å². The molecule has 2 aliphatic heterocycles. The molecule has 0 saturated heterocycles. The molecule has 2 N–H and O–H groups in total. The summed E-state index contributed by atoms with van der Waals surface area (Å²) < 4.78 is 3.26. The molecule has 62 heavy (non-hydrogen) atoms. The Morgan fingerprint density at radius 2 is 0.806 bits per heavy atom. The molecule has 0 saturated carbocycles. The molecule has 0 amide bonds. The first-order chi connectivity index (χ1) is 30.6. The van der Waals surface area contributed by atoms with Crippen LogP contribution >= 0.6 is 15.9 Å². The van der Waals surface area contributed by atoms with E-state index < -0.39 is 0 Å². The Bertz CT molecular complexity index is 3580. The number of hydrogen-bond donors (Lipinski definition) is 2. The Labute approximate surface area is 365 Å². The monoisotopic (exact) mass is 858 g/mol. The van der Waals surface area contributed by atoms with E-state index in [9.17, 15) is 0 Å². The molecule has 5 aromatic heterocycles. The van der Waals surface area contributed by atoms with Gasteiger partial charge in [0.1, 0.15) is 0 Å². The summed E-state index contributed by atoms with van der Waals surface area (Å²) in [4.78, 5) is 24.0. The number of halogens is 1. The van der Waals surface area contributed by atoms with Crippen molar-refractivity contribution in [3.63, 3.8) is 0 Å². The van der Waals surface area contributed by atoms with Crippen LogP contribution in [0.1, 0.15) is 22.8 Å². The SMILES string of the molecule is Brc1ccc(-c2nc3cc(-c4c5nc(c(-c6ccccc6)c6ccc([nH]6)c(-c6ccccc6)c6nc(c(-c7ccccc7)c7ccc4[nH]7)C=C6)C=C5)ccc3n3cccc23)cc1. The minimum Gasteiger partial charge on any atom is -0.354 e. The minimum absolute atomic E-state index is 0.849. The average molecular weight is 860 g/mol. The molecule has 7 heterocycles. The first-order valence-corrected chi connectivity index (χ1v) is 21.4. The zero-order chi connectivity index (χ0) is 41.1. The van der Waals surface area contributed by atoms with Crippen molar-refractivity contribution in [2.75, 3.05) is 0 Å². The molecule has 0 unspecified atom stereocenters. The van der Waals surface area contributed by atoms with Gasteiger partial charge in [-0.25, -0.2) is 15.0 Å². The van der Waals surface area contributed by atoms with Gasteiger partial charge < -0.3 is 14.4 Å². The fourth-order valence-corrected chi connectivity index (χ4v) is 9.25. The van der Waals surface area contributed by atoms with Gasteiger partial charge in [0.05, 0.1) is 45.0 Å². The number of nitrogens with one attached hydrogen (secondary N) is 2. The fraction of sp³-hybridized carbons (Fsp3) is 0. The van der Waals surface area contributed by atoms with Gasteiger partial charge in [0.2, 0.25) is 0 Å². The lowest BCUT2D eigenvalue weighted by Crippen LogP contribution is -1.95. The van der Waals surface area contributed by atoms with Gasteiger partial charge in [-0.1, -0.05) is 125 Å². The lowest BCUT2D eigenvalue weighted by molar-refractivity contribution is 1.23. The molecule has 0 atom stereocenters. The lowest BCUT2D eigenvalue weighted by Gasteiger charge is -2.11. The summed E-state index contributed by atoms with van der Waals surface area (Å²) in [5.41, 5.74) is 20.5. The van der Waals surface area contributed by atoms with Gasteiger partial charge in [0.25, 0.3) is 0 Å². The van der Waals surface area contributed by atoms with Crippen molar-refractivity contribution in [3.05, 3.63) is 203 Å². The van der Waals surface area contributed by atoms with Crippen molar-refractivity contribution in [2.45, 2.75) is 0 Å². The van der Waals surface area contributed by atoms with E-state index in [1.54, 1.807) is 0 Å². The highest BCUT2D eigenvalue weighted by Gasteiger charge is 2.20. The summed E-state index contributed by atoms with van der Waals surface area (Å²) in [5.74, 6) is 0. The first-order valence-electron chi connectivity index (χ1n) is 20.6. The number of nitrogens with zero attached hydrogens (tertiary/aromatic N) is 4. The van der Waals surface area contributed by atoms with Crippen LogP contribution in [0.3, 0.4) is 0 Å². The first kappa shape index (κ1) is 36.0. The molecule has 0 spiro atoms. The minimum atomic E-state index is 0.849. The van der Waals surface area contributed by atoms with E-state index in [0.29, 0.717) is 0 Å². The summed E-state index contributed by atoms with van der Waals surface area (Å²) in [7, 11) is 0. The zero-order valence-corrected chi connectivity index (χ0v) is 34.8. The number of aromatic amines is 2. The third-order valence-corrected chi connectivity index (χ3v) is 12.3. The molecule has 292 valence electrons. The second-order valence-electron chi connectivity index (χ2n) is 15.5. The Kier molecular flexibility index (Phi) is 8.54. The summed E-state index contributed by atoms with van der Waals surface area (Å²) in [5, 5.41) is 0. The standard InChI is InChI=1S/C55H35BrN6/c56-39-21-18-37(19-22-39)55-50-17-10-32-62(50)49-31-20-38(33-48(49)61-55)54-46-29-27-44(59-46)52(35-13-6-2-7-14-35)42-25-23-40(57-42)51(34-11-4-1-5-12-34)41-24-26-43(58-41)53(36-15-8-3-9-16-36)45-28-30-47(54)60-45/h1-33,57,60H. The Balaban J connectivity index is 1.20. The summed E-state index contributed by atoms with van der Waals surface area (Å²) in [6.45, 7) is 0. The molecule has 0 aliphatic carbocycles. The molecular formula is C55H35BrN6. The predicted molar refractivity (Wildman–Crippen MR) is 260 cm³/mol. The summed E-state index contributed by atoms with van der Waals surface area (Å²) >= 11 is 3.61. The number of benzene rings is 5. The van der Waals surface area contributed by atoms with Crippen molar-refractivity contribution < 1.29 is 0 Å². The molecule has 10 aromatic rings. The maximum Gasteiger partial charge on any atom is 0.0950 e. The van der Waals surface area contributed by atoms with Crippen LogP contribution in [0.5, 0.6) is 0 Å². The van der Waals surface area contributed by atoms with Crippen LogP contribution in [-0.4, -0.2) is 29.3 Å². The highest BCUT2D eigenvalue weighted by atomic mass is 79.9. The predicted octanol–water partition coefficient (Wildman–Crippen LogP) is 14.6. The average Bonchev–Trinajstić information content (AvgIpc) is 4.18. The van der Waals surface area contributed by atoms with Crippen LogP contribution < -0.4 is 0 Å². The van der Waals surface area contributed by atoms with E-state index in [1.807, 2.05) is 0 Å². The maximum atomic E-state index is 5.51. The summed E-state index contributed by atoms with van der Waals surface area (Å²) in [6, 6.07) is 59.3. The molecule has 12 rings (SSSR count). The third-order valence-electron chi connectivity index (χ3n) is 11.8. The van der Waals surface area contributed by atoms with Gasteiger partial charge in [0, 0.05) is 60.6 Å². The molecule has 8 bridgehead atoms. The quantitative estimate of drug-likeness (QED) is 0.181. The zero-order valence-electron chi connectivity index (χ0n) is 33.2. The van der Waals surface area contributed by atoms with Crippen LogP contribution in [0, 0.1) is 0 Å². The van der Waals surface area contributed by atoms with Crippen LogP contribution in [0.25, 0.3) is 119 Å². The second-order valence-corrected chi connectivity index (χ2v) is 16.5. The molecule has 7 heteroatoms. The molecule has 0 radical (unpaired) electrons. The van der Waals surface area contributed by atoms with Crippen LogP contribution in [0.4, 0.5) is 0 Å². The van der Waals surface area contributed by atoms with Crippen molar-refractivity contribution in [1.82, 2.24) is 29.3 Å². The topological polar surface area (TPSA) is 74.7 Å². The van der Waals surface area contributed by atoms with Gasteiger partial charge in [-0.15, -0.1) is 0 Å². The van der Waals surface area contributed by atoms with Crippen molar-refractivity contribution in [3.8, 4) is 55.8 Å². The Morgan fingerprint density at radius 3 is 1.27 bits per heavy atom. The van der Waals surface area contributed by atoms with Gasteiger partial charge >= 0.3 is 0 Å². The lowest BCUT2D eigenvalue weighted by atomic mass is 10.0. The van der Waals surface area contributed by atoms with Crippen molar-refractivity contribution in [2.24, 2.45) is 0 Å².